The largest absolute Gasteiger partial charge is 0.493 e. The summed E-state index contributed by atoms with van der Waals surface area (Å²) in [6.07, 6.45) is -5.58. The summed E-state index contributed by atoms with van der Waals surface area (Å²) in [6, 6.07) is 4.27. The summed E-state index contributed by atoms with van der Waals surface area (Å²) in [6.45, 7) is 2.28. The molecule has 2 amide bonds. The number of benzene rings is 1. The zero-order valence-electron chi connectivity index (χ0n) is 18.4. The number of carbonyl (C=O) groups is 2. The van der Waals surface area contributed by atoms with Gasteiger partial charge in [0.15, 0.2) is 17.2 Å². The van der Waals surface area contributed by atoms with Crippen LogP contribution in [0.3, 0.4) is 0 Å². The van der Waals surface area contributed by atoms with Crippen molar-refractivity contribution in [2.75, 3.05) is 12.4 Å². The monoisotopic (exact) mass is 487 g/mol. The summed E-state index contributed by atoms with van der Waals surface area (Å²) in [5, 5.41) is 2.39. The number of anilines is 1. The lowest BCUT2D eigenvalue weighted by molar-refractivity contribution is -0.274. The summed E-state index contributed by atoms with van der Waals surface area (Å²) < 4.78 is 80.9. The van der Waals surface area contributed by atoms with Gasteiger partial charge in [0.05, 0.1) is 7.11 Å². The van der Waals surface area contributed by atoms with Gasteiger partial charge < -0.3 is 20.5 Å². The second kappa shape index (κ2) is 9.16. The number of halogens is 5. The van der Waals surface area contributed by atoms with Crippen molar-refractivity contribution in [2.45, 2.75) is 44.1 Å². The van der Waals surface area contributed by atoms with Gasteiger partial charge >= 0.3 is 6.18 Å². The molecule has 0 spiro atoms. The predicted molar refractivity (Wildman–Crippen MR) is 110 cm³/mol. The summed E-state index contributed by atoms with van der Waals surface area (Å²) >= 11 is 0. The molecule has 2 heterocycles. The molecule has 12 heteroatoms. The number of hydrogen-bond acceptors (Lipinski definition) is 5. The average molecular weight is 487 g/mol. The molecule has 4 atom stereocenters. The molecule has 0 bridgehead atoms. The van der Waals surface area contributed by atoms with E-state index in [1.165, 1.54) is 19.2 Å². The SMILES string of the molecule is CC[C@@H]1[C@@H](c2ccc(F)c(F)c2OC)[C@@H](C(=O)Nc2ccnc(C(N)=O)c2)O[C@@]1(C)C(F)(F)F. The fourth-order valence-electron chi connectivity index (χ4n) is 4.37. The van der Waals surface area contributed by atoms with Gasteiger partial charge in [0, 0.05) is 29.3 Å². The second-order valence-electron chi connectivity index (χ2n) is 7.95. The first kappa shape index (κ1) is 25.3. The Morgan fingerprint density at radius 2 is 1.94 bits per heavy atom. The number of nitrogens with zero attached hydrogens (tertiary/aromatic N) is 1. The molecule has 1 aromatic heterocycles. The highest BCUT2D eigenvalue weighted by molar-refractivity contribution is 5.97. The minimum atomic E-state index is -4.89. The van der Waals surface area contributed by atoms with Gasteiger partial charge in [-0.25, -0.2) is 4.39 Å². The van der Waals surface area contributed by atoms with Gasteiger partial charge in [0.2, 0.25) is 5.82 Å². The van der Waals surface area contributed by atoms with Gasteiger partial charge in [-0.05, 0) is 31.5 Å². The van der Waals surface area contributed by atoms with E-state index in [4.69, 9.17) is 15.2 Å². The quantitative estimate of drug-likeness (QED) is 0.601. The van der Waals surface area contributed by atoms with Gasteiger partial charge in [-0.2, -0.15) is 17.6 Å². The average Bonchev–Trinajstić information content (AvgIpc) is 3.09. The van der Waals surface area contributed by atoms with E-state index >= 15 is 0 Å². The Morgan fingerprint density at radius 1 is 1.26 bits per heavy atom. The zero-order chi connectivity index (χ0) is 25.4. The van der Waals surface area contributed by atoms with E-state index in [1.54, 1.807) is 0 Å². The Labute approximate surface area is 191 Å². The van der Waals surface area contributed by atoms with Crippen molar-refractivity contribution >= 4 is 17.5 Å². The molecule has 0 radical (unpaired) electrons. The van der Waals surface area contributed by atoms with E-state index in [0.717, 1.165) is 32.2 Å². The maximum Gasteiger partial charge on any atom is 0.417 e. The number of ether oxygens (including phenoxy) is 2. The summed E-state index contributed by atoms with van der Waals surface area (Å²) in [7, 11) is 1.04. The van der Waals surface area contributed by atoms with Crippen LogP contribution in [-0.2, 0) is 9.53 Å². The van der Waals surface area contributed by atoms with Crippen LogP contribution in [0.4, 0.5) is 27.6 Å². The van der Waals surface area contributed by atoms with Crippen molar-refractivity contribution in [1.82, 2.24) is 4.98 Å². The highest BCUT2D eigenvalue weighted by Crippen LogP contribution is 2.56. The van der Waals surface area contributed by atoms with Crippen LogP contribution in [-0.4, -0.2) is 41.8 Å². The lowest BCUT2D eigenvalue weighted by Gasteiger charge is -2.33. The van der Waals surface area contributed by atoms with Crippen LogP contribution in [0, 0.1) is 17.6 Å². The smallest absolute Gasteiger partial charge is 0.417 e. The number of pyridine rings is 1. The zero-order valence-corrected chi connectivity index (χ0v) is 18.4. The molecule has 0 saturated carbocycles. The van der Waals surface area contributed by atoms with Gasteiger partial charge in [0.1, 0.15) is 11.8 Å². The molecule has 184 valence electrons. The number of alkyl halides is 3. The number of rotatable bonds is 6. The van der Waals surface area contributed by atoms with Crippen molar-refractivity contribution in [3.8, 4) is 5.75 Å². The van der Waals surface area contributed by atoms with E-state index in [1.807, 2.05) is 0 Å². The molecule has 2 aromatic rings. The molecule has 0 unspecified atom stereocenters. The lowest BCUT2D eigenvalue weighted by Crippen LogP contribution is -2.48. The standard InChI is InChI=1S/C22H22F5N3O4/c1-4-12-15(11-5-6-13(23)16(24)17(11)33-3)18(34-21(12,2)22(25,26)27)20(32)30-10-7-8-29-14(9-10)19(28)31/h5-9,12,15,18H,4H2,1-3H3,(H2,28,31)(H,29,30,32)/t12-,15-,18+,21-/m1/s1. The number of carbonyl (C=O) groups excluding carboxylic acids is 2. The molecule has 1 aliphatic rings. The third kappa shape index (κ3) is 4.29. The van der Waals surface area contributed by atoms with E-state index in [2.05, 4.69) is 10.3 Å². The van der Waals surface area contributed by atoms with E-state index < -0.39 is 58.9 Å². The first-order valence-electron chi connectivity index (χ1n) is 10.2. The van der Waals surface area contributed by atoms with E-state index in [-0.39, 0.29) is 23.4 Å². The number of amides is 2. The molecular formula is C22H22F5N3O4. The summed E-state index contributed by atoms with van der Waals surface area (Å²) in [4.78, 5) is 28.2. The topological polar surface area (TPSA) is 104 Å². The second-order valence-corrected chi connectivity index (χ2v) is 7.95. The van der Waals surface area contributed by atoms with Gasteiger partial charge in [-0.3, -0.25) is 14.6 Å². The Kier molecular flexibility index (Phi) is 6.83. The first-order chi connectivity index (χ1) is 15.9. The van der Waals surface area contributed by atoms with Gasteiger partial charge in [0.25, 0.3) is 11.8 Å². The third-order valence-corrected chi connectivity index (χ3v) is 6.02. The Balaban J connectivity index is 2.11. The number of nitrogens with one attached hydrogen (secondary N) is 1. The maximum atomic E-state index is 14.5. The molecule has 3 rings (SSSR count). The Bertz CT molecular complexity index is 1110. The molecule has 1 aliphatic heterocycles. The van der Waals surface area contributed by atoms with Crippen LogP contribution in [0.15, 0.2) is 30.5 Å². The molecular weight excluding hydrogens is 465 g/mol. The molecule has 0 aliphatic carbocycles. The van der Waals surface area contributed by atoms with Crippen molar-refractivity contribution in [3.63, 3.8) is 0 Å². The predicted octanol–water partition coefficient (Wildman–Crippen LogP) is 3.94. The van der Waals surface area contributed by atoms with Gasteiger partial charge in [-0.15, -0.1) is 0 Å². The van der Waals surface area contributed by atoms with Crippen LogP contribution >= 0.6 is 0 Å². The van der Waals surface area contributed by atoms with Crippen molar-refractivity contribution in [2.24, 2.45) is 11.7 Å². The molecule has 1 fully saturated rings. The fraction of sp³-hybridized carbons (Fsp3) is 0.409. The number of methoxy groups -OCH3 is 1. The number of hydrogen-bond donors (Lipinski definition) is 2. The maximum absolute atomic E-state index is 14.5. The van der Waals surface area contributed by atoms with Crippen molar-refractivity contribution < 1.29 is 41.0 Å². The van der Waals surface area contributed by atoms with E-state index in [9.17, 15) is 31.5 Å². The van der Waals surface area contributed by atoms with Gasteiger partial charge in [-0.1, -0.05) is 13.0 Å². The Hall–Kier alpha value is -3.28. The molecule has 1 saturated heterocycles. The van der Waals surface area contributed by atoms with E-state index in [0.29, 0.717) is 0 Å². The van der Waals surface area contributed by atoms with Crippen LogP contribution in [0.25, 0.3) is 0 Å². The Morgan fingerprint density at radius 3 is 2.50 bits per heavy atom. The summed E-state index contributed by atoms with van der Waals surface area (Å²) in [5.41, 5.74) is 2.09. The number of aromatic nitrogens is 1. The van der Waals surface area contributed by atoms with Crippen molar-refractivity contribution in [1.29, 1.82) is 0 Å². The minimum Gasteiger partial charge on any atom is -0.493 e. The molecule has 1 aromatic carbocycles. The fourth-order valence-corrected chi connectivity index (χ4v) is 4.37. The van der Waals surface area contributed by atoms with Crippen LogP contribution in [0.1, 0.15) is 42.2 Å². The highest BCUT2D eigenvalue weighted by Gasteiger charge is 2.66. The molecule has 34 heavy (non-hydrogen) atoms. The highest BCUT2D eigenvalue weighted by atomic mass is 19.4. The minimum absolute atomic E-state index is 0.0297. The number of nitrogens with two attached hydrogens (primary N) is 1. The summed E-state index contributed by atoms with van der Waals surface area (Å²) in [5.74, 6) is -7.84. The third-order valence-electron chi connectivity index (χ3n) is 6.02. The van der Waals surface area contributed by atoms with Crippen LogP contribution in [0.2, 0.25) is 0 Å². The number of primary amides is 1. The van der Waals surface area contributed by atoms with Crippen LogP contribution in [0.5, 0.6) is 5.75 Å². The van der Waals surface area contributed by atoms with Crippen molar-refractivity contribution in [3.05, 3.63) is 53.4 Å². The molecule has 3 N–H and O–H groups in total. The lowest BCUT2D eigenvalue weighted by atomic mass is 9.74. The molecule has 7 nitrogen and oxygen atoms in total. The normalized spacial score (nSPS) is 24.6. The van der Waals surface area contributed by atoms with Crippen LogP contribution < -0.4 is 15.8 Å². The first-order valence-corrected chi connectivity index (χ1v) is 10.2.